The maximum absolute atomic E-state index is 11.2. The van der Waals surface area contributed by atoms with Crippen molar-refractivity contribution in [1.82, 2.24) is 5.32 Å². The lowest BCUT2D eigenvalue weighted by molar-refractivity contribution is -0.122. The van der Waals surface area contributed by atoms with Gasteiger partial charge in [0.15, 0.2) is 0 Å². The summed E-state index contributed by atoms with van der Waals surface area (Å²) in [6.07, 6.45) is 0.688. The summed E-state index contributed by atoms with van der Waals surface area (Å²) >= 11 is 3.18. The minimum absolute atomic E-state index is 0.0600. The molecule has 2 unspecified atom stereocenters. The van der Waals surface area contributed by atoms with Gasteiger partial charge < -0.3 is 15.5 Å². The Morgan fingerprint density at radius 2 is 2.23 bits per heavy atom. The molecule has 0 aromatic rings. The topological polar surface area (TPSA) is 69.6 Å². The van der Waals surface area contributed by atoms with Gasteiger partial charge in [0.05, 0.1) is 11.4 Å². The molecule has 0 aliphatic heterocycles. The zero-order valence-corrected chi connectivity index (χ0v) is 9.47. The van der Waals surface area contributed by atoms with Gasteiger partial charge in [0.1, 0.15) is 5.60 Å². The quantitative estimate of drug-likeness (QED) is 0.606. The molecule has 78 valence electrons. The van der Waals surface area contributed by atoms with Gasteiger partial charge in [0.2, 0.25) is 5.91 Å². The van der Waals surface area contributed by atoms with Crippen molar-refractivity contribution in [3.8, 4) is 0 Å². The van der Waals surface area contributed by atoms with E-state index >= 15 is 0 Å². The number of hydrogen-bond acceptors (Lipinski definition) is 3. The van der Waals surface area contributed by atoms with Crippen molar-refractivity contribution in [3.63, 3.8) is 0 Å². The van der Waals surface area contributed by atoms with Crippen molar-refractivity contribution in [2.45, 2.75) is 30.7 Å². The maximum atomic E-state index is 11.2. The summed E-state index contributed by atoms with van der Waals surface area (Å²) in [6, 6.07) is 0. The number of amides is 1. The fourth-order valence-corrected chi connectivity index (χ4v) is 0.791. The van der Waals surface area contributed by atoms with Gasteiger partial charge in [-0.2, -0.15) is 0 Å². The molecular weight excluding hydrogens is 238 g/mol. The van der Waals surface area contributed by atoms with E-state index in [1.54, 1.807) is 0 Å². The van der Waals surface area contributed by atoms with Gasteiger partial charge in [-0.15, -0.1) is 0 Å². The SMILES string of the molecule is CCC(Br)C(=O)NCC(C)(O)CO. The summed E-state index contributed by atoms with van der Waals surface area (Å²) in [7, 11) is 0. The highest BCUT2D eigenvalue weighted by Gasteiger charge is 2.21. The van der Waals surface area contributed by atoms with Crippen LogP contribution in [0.15, 0.2) is 0 Å². The number of carbonyl (C=O) groups excluding carboxylic acids is 1. The van der Waals surface area contributed by atoms with Crippen LogP contribution in [-0.2, 0) is 4.79 Å². The van der Waals surface area contributed by atoms with Crippen LogP contribution >= 0.6 is 15.9 Å². The fraction of sp³-hybridized carbons (Fsp3) is 0.875. The number of rotatable bonds is 5. The molecule has 0 aliphatic rings. The van der Waals surface area contributed by atoms with Crippen LogP contribution in [0.4, 0.5) is 0 Å². The van der Waals surface area contributed by atoms with Crippen LogP contribution in [0.5, 0.6) is 0 Å². The third kappa shape index (κ3) is 5.23. The third-order valence-electron chi connectivity index (χ3n) is 1.63. The van der Waals surface area contributed by atoms with Gasteiger partial charge in [-0.1, -0.05) is 22.9 Å². The smallest absolute Gasteiger partial charge is 0.233 e. The van der Waals surface area contributed by atoms with E-state index in [0.29, 0.717) is 6.42 Å². The Morgan fingerprint density at radius 3 is 2.62 bits per heavy atom. The van der Waals surface area contributed by atoms with Gasteiger partial charge >= 0.3 is 0 Å². The second kappa shape index (κ2) is 5.57. The monoisotopic (exact) mass is 253 g/mol. The van der Waals surface area contributed by atoms with Gasteiger partial charge in [-0.25, -0.2) is 0 Å². The number of aliphatic hydroxyl groups is 2. The Kier molecular flexibility index (Phi) is 5.51. The first kappa shape index (κ1) is 12.9. The molecule has 0 spiro atoms. The lowest BCUT2D eigenvalue weighted by Crippen LogP contribution is -2.45. The van der Waals surface area contributed by atoms with Gasteiger partial charge in [-0.3, -0.25) is 4.79 Å². The van der Waals surface area contributed by atoms with E-state index in [1.807, 2.05) is 6.92 Å². The Labute approximate surface area is 86.5 Å². The standard InChI is InChI=1S/C8H16BrNO3/c1-3-6(9)7(12)10-4-8(2,13)5-11/h6,11,13H,3-5H2,1-2H3,(H,10,12). The molecule has 0 aromatic carbocycles. The summed E-state index contributed by atoms with van der Waals surface area (Å²) in [5.74, 6) is -0.170. The molecule has 0 saturated carbocycles. The number of hydrogen-bond donors (Lipinski definition) is 3. The molecule has 0 saturated heterocycles. The molecule has 0 fully saturated rings. The average molecular weight is 254 g/mol. The first-order valence-electron chi connectivity index (χ1n) is 4.18. The van der Waals surface area contributed by atoms with Gasteiger partial charge in [-0.05, 0) is 13.3 Å². The third-order valence-corrected chi connectivity index (χ3v) is 2.69. The summed E-state index contributed by atoms with van der Waals surface area (Å²) in [6.45, 7) is 3.03. The van der Waals surface area contributed by atoms with E-state index in [-0.39, 0.29) is 23.9 Å². The van der Waals surface area contributed by atoms with Crippen molar-refractivity contribution in [2.24, 2.45) is 0 Å². The van der Waals surface area contributed by atoms with Gasteiger partial charge in [0.25, 0.3) is 0 Å². The second-order valence-electron chi connectivity index (χ2n) is 3.25. The summed E-state index contributed by atoms with van der Waals surface area (Å²) in [4.78, 5) is 11.0. The largest absolute Gasteiger partial charge is 0.393 e. The molecule has 0 heterocycles. The lowest BCUT2D eigenvalue weighted by Gasteiger charge is -2.21. The first-order valence-corrected chi connectivity index (χ1v) is 5.09. The van der Waals surface area contributed by atoms with E-state index in [0.717, 1.165) is 0 Å². The van der Waals surface area contributed by atoms with Crippen LogP contribution in [0.3, 0.4) is 0 Å². The summed E-state index contributed by atoms with van der Waals surface area (Å²) in [5.41, 5.74) is -1.24. The van der Waals surface area contributed by atoms with E-state index in [9.17, 15) is 9.90 Å². The van der Waals surface area contributed by atoms with Crippen molar-refractivity contribution in [1.29, 1.82) is 0 Å². The van der Waals surface area contributed by atoms with E-state index in [1.165, 1.54) is 6.92 Å². The molecule has 0 radical (unpaired) electrons. The van der Waals surface area contributed by atoms with Crippen molar-refractivity contribution in [3.05, 3.63) is 0 Å². The Hall–Kier alpha value is -0.130. The van der Waals surface area contributed by atoms with Crippen LogP contribution in [0, 0.1) is 0 Å². The fourth-order valence-electron chi connectivity index (χ4n) is 0.630. The minimum Gasteiger partial charge on any atom is -0.393 e. The highest BCUT2D eigenvalue weighted by atomic mass is 79.9. The molecule has 3 N–H and O–H groups in total. The normalized spacial score (nSPS) is 17.6. The maximum Gasteiger partial charge on any atom is 0.233 e. The predicted molar refractivity (Wildman–Crippen MR) is 53.7 cm³/mol. The minimum atomic E-state index is -1.24. The van der Waals surface area contributed by atoms with E-state index in [2.05, 4.69) is 21.2 Å². The van der Waals surface area contributed by atoms with Crippen LogP contribution in [0.25, 0.3) is 0 Å². The molecule has 0 rings (SSSR count). The number of nitrogens with one attached hydrogen (secondary N) is 1. The molecule has 5 heteroatoms. The number of aliphatic hydroxyl groups excluding tert-OH is 1. The molecule has 0 aliphatic carbocycles. The molecule has 2 atom stereocenters. The van der Waals surface area contributed by atoms with Crippen LogP contribution in [0.1, 0.15) is 20.3 Å². The zero-order chi connectivity index (χ0) is 10.5. The molecule has 1 amide bonds. The van der Waals surface area contributed by atoms with Crippen molar-refractivity contribution >= 4 is 21.8 Å². The Bertz CT molecular complexity index is 173. The molecule has 0 aromatic heterocycles. The van der Waals surface area contributed by atoms with E-state index < -0.39 is 5.60 Å². The average Bonchev–Trinajstić information content (AvgIpc) is 2.13. The molecule has 0 bridgehead atoms. The Balaban J connectivity index is 3.83. The Morgan fingerprint density at radius 1 is 1.69 bits per heavy atom. The highest BCUT2D eigenvalue weighted by Crippen LogP contribution is 2.05. The zero-order valence-electron chi connectivity index (χ0n) is 7.88. The first-order chi connectivity index (χ1) is 5.93. The number of alkyl halides is 1. The van der Waals surface area contributed by atoms with Crippen molar-refractivity contribution in [2.75, 3.05) is 13.2 Å². The number of carbonyl (C=O) groups is 1. The van der Waals surface area contributed by atoms with Crippen molar-refractivity contribution < 1.29 is 15.0 Å². The van der Waals surface area contributed by atoms with Crippen LogP contribution in [0.2, 0.25) is 0 Å². The second-order valence-corrected chi connectivity index (χ2v) is 4.35. The highest BCUT2D eigenvalue weighted by molar-refractivity contribution is 9.10. The summed E-state index contributed by atoms with van der Waals surface area (Å²) in [5, 5.41) is 20.6. The number of halogens is 1. The molecular formula is C8H16BrNO3. The van der Waals surface area contributed by atoms with Crippen LogP contribution in [-0.4, -0.2) is 39.7 Å². The molecule has 13 heavy (non-hydrogen) atoms. The predicted octanol–water partition coefficient (Wildman–Crippen LogP) is 0.0194. The van der Waals surface area contributed by atoms with Crippen LogP contribution < -0.4 is 5.32 Å². The molecule has 4 nitrogen and oxygen atoms in total. The lowest BCUT2D eigenvalue weighted by atomic mass is 10.1. The summed E-state index contributed by atoms with van der Waals surface area (Å²) < 4.78 is 0. The van der Waals surface area contributed by atoms with Gasteiger partial charge in [0, 0.05) is 6.54 Å². The van der Waals surface area contributed by atoms with E-state index in [4.69, 9.17) is 5.11 Å².